The Morgan fingerprint density at radius 2 is 2.05 bits per heavy atom. The molecular formula is C15H17N3O. The zero-order valence-corrected chi connectivity index (χ0v) is 11.0. The van der Waals surface area contributed by atoms with Gasteiger partial charge in [0.15, 0.2) is 0 Å². The van der Waals surface area contributed by atoms with Crippen molar-refractivity contribution in [3.05, 3.63) is 47.3 Å². The van der Waals surface area contributed by atoms with Gasteiger partial charge >= 0.3 is 0 Å². The highest BCUT2D eigenvalue weighted by atomic mass is 16.1. The van der Waals surface area contributed by atoms with E-state index < -0.39 is 0 Å². The van der Waals surface area contributed by atoms with Gasteiger partial charge in [0, 0.05) is 12.2 Å². The molecule has 4 nitrogen and oxygen atoms in total. The molecule has 0 unspecified atom stereocenters. The predicted molar refractivity (Wildman–Crippen MR) is 74.3 cm³/mol. The normalized spacial score (nSPS) is 13.9. The molecule has 2 aromatic rings. The molecule has 1 amide bonds. The van der Waals surface area contributed by atoms with E-state index in [0.717, 1.165) is 37.2 Å². The van der Waals surface area contributed by atoms with Crippen molar-refractivity contribution in [1.29, 1.82) is 0 Å². The van der Waals surface area contributed by atoms with E-state index >= 15 is 0 Å². The first kappa shape index (κ1) is 12.0. The minimum Gasteiger partial charge on any atom is -0.322 e. The molecule has 0 saturated carbocycles. The van der Waals surface area contributed by atoms with Crippen LogP contribution in [-0.2, 0) is 13.0 Å². The Labute approximate surface area is 112 Å². The Morgan fingerprint density at radius 3 is 2.84 bits per heavy atom. The number of rotatable bonds is 2. The van der Waals surface area contributed by atoms with Crippen LogP contribution in [0.15, 0.2) is 30.5 Å². The molecule has 0 saturated heterocycles. The number of nitrogens with one attached hydrogen (secondary N) is 1. The van der Waals surface area contributed by atoms with Crippen molar-refractivity contribution in [3.8, 4) is 0 Å². The molecule has 3 rings (SSSR count). The largest absolute Gasteiger partial charge is 0.322 e. The van der Waals surface area contributed by atoms with Gasteiger partial charge in [-0.15, -0.1) is 0 Å². The van der Waals surface area contributed by atoms with Gasteiger partial charge in [0.05, 0.1) is 17.5 Å². The van der Waals surface area contributed by atoms with Crippen LogP contribution >= 0.6 is 0 Å². The fourth-order valence-corrected chi connectivity index (χ4v) is 2.45. The van der Waals surface area contributed by atoms with Crippen LogP contribution in [0.2, 0.25) is 0 Å². The first-order chi connectivity index (χ1) is 9.24. The highest BCUT2D eigenvalue weighted by Gasteiger charge is 2.19. The summed E-state index contributed by atoms with van der Waals surface area (Å²) in [5, 5.41) is 7.22. The lowest BCUT2D eigenvalue weighted by Gasteiger charge is -2.14. The van der Waals surface area contributed by atoms with E-state index in [1.165, 1.54) is 5.56 Å². The Morgan fingerprint density at radius 1 is 1.26 bits per heavy atom. The average Bonchev–Trinajstić information content (AvgIpc) is 2.85. The SMILES string of the molecule is Cc1ccc(NC(=O)c2cnn3c2CCCC3)cc1. The van der Waals surface area contributed by atoms with Crippen LogP contribution in [0.3, 0.4) is 0 Å². The molecule has 1 N–H and O–H groups in total. The summed E-state index contributed by atoms with van der Waals surface area (Å²) in [6.45, 7) is 2.95. The molecule has 0 spiro atoms. The molecule has 0 fully saturated rings. The quantitative estimate of drug-likeness (QED) is 0.897. The van der Waals surface area contributed by atoms with Crippen LogP contribution in [0.1, 0.15) is 34.5 Å². The van der Waals surface area contributed by atoms with E-state index in [1.807, 2.05) is 35.9 Å². The van der Waals surface area contributed by atoms with Gasteiger partial charge in [0.2, 0.25) is 0 Å². The van der Waals surface area contributed by atoms with E-state index in [-0.39, 0.29) is 5.91 Å². The number of hydrogen-bond acceptors (Lipinski definition) is 2. The van der Waals surface area contributed by atoms with Crippen molar-refractivity contribution in [2.45, 2.75) is 32.7 Å². The predicted octanol–water partition coefficient (Wildman–Crippen LogP) is 2.78. The third kappa shape index (κ3) is 2.38. The van der Waals surface area contributed by atoms with E-state index in [9.17, 15) is 4.79 Å². The number of benzene rings is 1. The van der Waals surface area contributed by atoms with Gasteiger partial charge in [0.25, 0.3) is 5.91 Å². The van der Waals surface area contributed by atoms with Crippen molar-refractivity contribution in [2.75, 3.05) is 5.32 Å². The summed E-state index contributed by atoms with van der Waals surface area (Å²) >= 11 is 0. The van der Waals surface area contributed by atoms with Crippen molar-refractivity contribution in [3.63, 3.8) is 0 Å². The number of carbonyl (C=O) groups is 1. The van der Waals surface area contributed by atoms with Gasteiger partial charge in [-0.2, -0.15) is 5.10 Å². The summed E-state index contributed by atoms with van der Waals surface area (Å²) in [5.41, 5.74) is 3.78. The first-order valence-corrected chi connectivity index (χ1v) is 6.67. The van der Waals surface area contributed by atoms with Crippen LogP contribution in [0.4, 0.5) is 5.69 Å². The van der Waals surface area contributed by atoms with Crippen LogP contribution < -0.4 is 5.32 Å². The average molecular weight is 255 g/mol. The lowest BCUT2D eigenvalue weighted by atomic mass is 10.1. The molecule has 1 aromatic heterocycles. The van der Waals surface area contributed by atoms with Crippen LogP contribution in [0.5, 0.6) is 0 Å². The fraction of sp³-hybridized carbons (Fsp3) is 0.333. The van der Waals surface area contributed by atoms with Crippen molar-refractivity contribution >= 4 is 11.6 Å². The molecule has 0 radical (unpaired) electrons. The van der Waals surface area contributed by atoms with Gasteiger partial charge in [-0.05, 0) is 38.3 Å². The molecule has 1 aliphatic rings. The van der Waals surface area contributed by atoms with E-state index in [1.54, 1.807) is 6.20 Å². The molecule has 1 aromatic carbocycles. The topological polar surface area (TPSA) is 46.9 Å². The number of fused-ring (bicyclic) bond motifs is 1. The Hall–Kier alpha value is -2.10. The van der Waals surface area contributed by atoms with Gasteiger partial charge < -0.3 is 5.32 Å². The monoisotopic (exact) mass is 255 g/mol. The molecular weight excluding hydrogens is 238 g/mol. The second kappa shape index (κ2) is 4.88. The van der Waals surface area contributed by atoms with Crippen molar-refractivity contribution in [1.82, 2.24) is 9.78 Å². The lowest BCUT2D eigenvalue weighted by molar-refractivity contribution is 0.102. The minimum atomic E-state index is -0.0630. The van der Waals surface area contributed by atoms with E-state index in [0.29, 0.717) is 5.56 Å². The Balaban J connectivity index is 1.80. The summed E-state index contributed by atoms with van der Waals surface area (Å²) in [4.78, 5) is 12.3. The third-order valence-corrected chi connectivity index (χ3v) is 3.54. The van der Waals surface area contributed by atoms with Crippen LogP contribution in [0, 0.1) is 6.92 Å². The smallest absolute Gasteiger partial charge is 0.259 e. The molecule has 0 bridgehead atoms. The third-order valence-electron chi connectivity index (χ3n) is 3.54. The maximum atomic E-state index is 12.3. The Kier molecular flexibility index (Phi) is 3.07. The highest BCUT2D eigenvalue weighted by Crippen LogP contribution is 2.19. The maximum Gasteiger partial charge on any atom is 0.259 e. The molecule has 1 aliphatic heterocycles. The summed E-state index contributed by atoms with van der Waals surface area (Å²) < 4.78 is 1.95. The number of aromatic nitrogens is 2. The second-order valence-electron chi connectivity index (χ2n) is 5.01. The van der Waals surface area contributed by atoms with Gasteiger partial charge in [-0.25, -0.2) is 0 Å². The molecule has 4 heteroatoms. The van der Waals surface area contributed by atoms with Crippen molar-refractivity contribution < 1.29 is 4.79 Å². The van der Waals surface area contributed by atoms with Gasteiger partial charge in [-0.3, -0.25) is 9.48 Å². The molecule has 19 heavy (non-hydrogen) atoms. The summed E-state index contributed by atoms with van der Waals surface area (Å²) in [7, 11) is 0. The summed E-state index contributed by atoms with van der Waals surface area (Å²) in [5.74, 6) is -0.0630. The maximum absolute atomic E-state index is 12.3. The number of nitrogens with zero attached hydrogens (tertiary/aromatic N) is 2. The van der Waals surface area contributed by atoms with Gasteiger partial charge in [-0.1, -0.05) is 17.7 Å². The molecule has 0 aliphatic carbocycles. The van der Waals surface area contributed by atoms with Crippen LogP contribution in [0.25, 0.3) is 0 Å². The van der Waals surface area contributed by atoms with E-state index in [4.69, 9.17) is 0 Å². The zero-order valence-electron chi connectivity index (χ0n) is 11.0. The first-order valence-electron chi connectivity index (χ1n) is 6.67. The number of anilines is 1. The molecule has 98 valence electrons. The fourth-order valence-electron chi connectivity index (χ4n) is 2.45. The van der Waals surface area contributed by atoms with Crippen molar-refractivity contribution in [2.24, 2.45) is 0 Å². The minimum absolute atomic E-state index is 0.0630. The lowest BCUT2D eigenvalue weighted by Crippen LogP contribution is -2.17. The Bertz CT molecular complexity index is 598. The second-order valence-corrected chi connectivity index (χ2v) is 5.01. The highest BCUT2D eigenvalue weighted by molar-refractivity contribution is 6.04. The van der Waals surface area contributed by atoms with Gasteiger partial charge in [0.1, 0.15) is 0 Å². The number of hydrogen-bond donors (Lipinski definition) is 1. The summed E-state index contributed by atoms with van der Waals surface area (Å²) in [6, 6.07) is 7.82. The standard InChI is InChI=1S/C15H17N3O/c1-11-5-7-12(8-6-11)17-15(19)13-10-16-18-9-3-2-4-14(13)18/h5-8,10H,2-4,9H2,1H3,(H,17,19). The number of carbonyl (C=O) groups excluding carboxylic acids is 1. The zero-order chi connectivity index (χ0) is 13.2. The molecule has 2 heterocycles. The number of aryl methyl sites for hydroxylation is 2. The van der Waals surface area contributed by atoms with Crippen LogP contribution in [-0.4, -0.2) is 15.7 Å². The summed E-state index contributed by atoms with van der Waals surface area (Å²) in [6.07, 6.45) is 4.91. The van der Waals surface area contributed by atoms with E-state index in [2.05, 4.69) is 10.4 Å². The molecule has 0 atom stereocenters. The number of amides is 1.